The van der Waals surface area contributed by atoms with E-state index in [9.17, 15) is 30.8 Å². The number of imidazole rings is 1. The summed E-state index contributed by atoms with van der Waals surface area (Å²) in [5.74, 6) is -0.696. The van der Waals surface area contributed by atoms with Gasteiger partial charge in [-0.05, 0) is 55.8 Å². The van der Waals surface area contributed by atoms with Crippen LogP contribution >= 0.6 is 0 Å². The van der Waals surface area contributed by atoms with E-state index in [1.54, 1.807) is 44.6 Å². The number of halogens is 4. The first kappa shape index (κ1) is 26.5. The molecule has 0 fully saturated rings. The van der Waals surface area contributed by atoms with Gasteiger partial charge in [0.25, 0.3) is 5.56 Å². The molecule has 0 radical (unpaired) electrons. The Bertz CT molecular complexity index is 1920. The molecule has 204 valence electrons. The molecule has 5 rings (SSSR count). The maximum atomic E-state index is 14.7. The minimum atomic E-state index is -4.65. The molecule has 0 saturated heterocycles. The van der Waals surface area contributed by atoms with Gasteiger partial charge in [-0.3, -0.25) is 9.52 Å². The van der Waals surface area contributed by atoms with E-state index in [4.69, 9.17) is 0 Å². The first-order valence-electron chi connectivity index (χ1n) is 11.8. The van der Waals surface area contributed by atoms with Gasteiger partial charge in [0.1, 0.15) is 22.7 Å². The number of hydrogen-bond acceptors (Lipinski definition) is 4. The molecule has 0 atom stereocenters. The number of H-pyrrole nitrogens is 1. The molecular formula is C26H23F4N5O3S. The molecule has 13 heteroatoms. The molecular weight excluding hydrogens is 538 g/mol. The number of anilines is 1. The number of benzene rings is 2. The highest BCUT2D eigenvalue weighted by molar-refractivity contribution is 7.92. The smallest absolute Gasteiger partial charge is 0.357 e. The van der Waals surface area contributed by atoms with Crippen molar-refractivity contribution >= 4 is 37.6 Å². The second kappa shape index (κ2) is 9.26. The summed E-state index contributed by atoms with van der Waals surface area (Å²) >= 11 is 0. The number of fused-ring (bicyclic) bond motifs is 2. The maximum absolute atomic E-state index is 14.7. The number of aryl methyl sites for hydroxylation is 2. The van der Waals surface area contributed by atoms with Crippen LogP contribution in [0.15, 0.2) is 53.6 Å². The zero-order valence-corrected chi connectivity index (χ0v) is 21.8. The van der Waals surface area contributed by atoms with Crippen LogP contribution in [0.4, 0.5) is 23.2 Å². The lowest BCUT2D eigenvalue weighted by Gasteiger charge is -2.14. The fourth-order valence-electron chi connectivity index (χ4n) is 4.55. The van der Waals surface area contributed by atoms with E-state index in [1.165, 1.54) is 16.1 Å². The molecule has 0 aliphatic carbocycles. The van der Waals surface area contributed by atoms with Crippen LogP contribution < -0.4 is 10.3 Å². The summed E-state index contributed by atoms with van der Waals surface area (Å²) in [5.41, 5.74) is 0.776. The number of hydrogen-bond donors (Lipinski definition) is 2. The van der Waals surface area contributed by atoms with Gasteiger partial charge in [-0.25, -0.2) is 17.8 Å². The molecule has 3 aromatic heterocycles. The highest BCUT2D eigenvalue weighted by Gasteiger charge is 2.31. The predicted octanol–water partition coefficient (Wildman–Crippen LogP) is 5.16. The number of nitrogens with one attached hydrogen (secondary N) is 2. The summed E-state index contributed by atoms with van der Waals surface area (Å²) in [7, 11) is -2.17. The highest BCUT2D eigenvalue weighted by Crippen LogP contribution is 2.36. The molecule has 2 aromatic carbocycles. The molecule has 5 aromatic rings. The van der Waals surface area contributed by atoms with Crippen LogP contribution in [0.5, 0.6) is 0 Å². The number of sulfonamides is 1. The maximum Gasteiger partial charge on any atom is 0.416 e. The number of rotatable bonds is 6. The molecule has 0 amide bonds. The summed E-state index contributed by atoms with van der Waals surface area (Å²) < 4.78 is 85.2. The molecule has 39 heavy (non-hydrogen) atoms. The lowest BCUT2D eigenvalue weighted by Crippen LogP contribution is -2.17. The molecule has 0 spiro atoms. The largest absolute Gasteiger partial charge is 0.416 e. The Morgan fingerprint density at radius 2 is 1.87 bits per heavy atom. The molecule has 0 bridgehead atoms. The van der Waals surface area contributed by atoms with Crippen molar-refractivity contribution in [1.29, 1.82) is 0 Å². The van der Waals surface area contributed by atoms with Gasteiger partial charge in [-0.2, -0.15) is 13.2 Å². The number of aromatic amines is 1. The minimum absolute atomic E-state index is 0.147. The zero-order valence-electron chi connectivity index (χ0n) is 21.0. The Labute approximate surface area is 220 Å². The molecule has 0 aliphatic heterocycles. The first-order valence-corrected chi connectivity index (χ1v) is 13.5. The van der Waals surface area contributed by atoms with Crippen LogP contribution in [-0.2, 0) is 29.8 Å². The van der Waals surface area contributed by atoms with Crippen molar-refractivity contribution in [3.63, 3.8) is 0 Å². The van der Waals surface area contributed by atoms with E-state index >= 15 is 0 Å². The lowest BCUT2D eigenvalue weighted by molar-refractivity contribution is -0.137. The van der Waals surface area contributed by atoms with Crippen LogP contribution in [0.25, 0.3) is 33.1 Å². The van der Waals surface area contributed by atoms with E-state index < -0.39 is 27.6 Å². The zero-order chi connectivity index (χ0) is 28.3. The molecule has 8 nitrogen and oxygen atoms in total. The first-order chi connectivity index (χ1) is 18.3. The van der Waals surface area contributed by atoms with Crippen LogP contribution in [0.1, 0.15) is 23.9 Å². The van der Waals surface area contributed by atoms with Crippen LogP contribution in [0, 0.1) is 12.7 Å². The Balaban J connectivity index is 1.77. The second-order valence-electron chi connectivity index (χ2n) is 9.17. The summed E-state index contributed by atoms with van der Waals surface area (Å²) in [6, 6.07) is 7.19. The van der Waals surface area contributed by atoms with Gasteiger partial charge in [0.05, 0.1) is 29.1 Å². The quantitative estimate of drug-likeness (QED) is 0.280. The number of alkyl halides is 3. The summed E-state index contributed by atoms with van der Waals surface area (Å²) in [5, 5.41) is 0.591. The third-order valence-corrected chi connectivity index (χ3v) is 7.89. The Morgan fingerprint density at radius 3 is 2.56 bits per heavy atom. The number of aromatic nitrogens is 4. The van der Waals surface area contributed by atoms with Gasteiger partial charge in [-0.15, -0.1) is 0 Å². The average Bonchev–Trinajstić information content (AvgIpc) is 3.47. The second-order valence-corrected chi connectivity index (χ2v) is 11.2. The fourth-order valence-corrected chi connectivity index (χ4v) is 5.19. The number of nitrogens with zero attached hydrogens (tertiary/aromatic N) is 3. The van der Waals surface area contributed by atoms with Crippen molar-refractivity contribution < 1.29 is 26.0 Å². The average molecular weight is 562 g/mol. The molecule has 0 aliphatic rings. The van der Waals surface area contributed by atoms with Gasteiger partial charge >= 0.3 is 6.18 Å². The molecule has 0 unspecified atom stereocenters. The van der Waals surface area contributed by atoms with E-state index in [0.717, 1.165) is 12.1 Å². The third-order valence-electron chi connectivity index (χ3n) is 6.60. The normalized spacial score (nSPS) is 12.5. The Hall–Kier alpha value is -4.13. The monoisotopic (exact) mass is 561 g/mol. The molecule has 3 heterocycles. The van der Waals surface area contributed by atoms with E-state index in [2.05, 4.69) is 14.7 Å². The van der Waals surface area contributed by atoms with Gasteiger partial charge < -0.3 is 14.1 Å². The van der Waals surface area contributed by atoms with Crippen molar-refractivity contribution in [2.45, 2.75) is 26.6 Å². The molecule has 2 N–H and O–H groups in total. The van der Waals surface area contributed by atoms with Crippen LogP contribution in [0.3, 0.4) is 0 Å². The number of pyridine rings is 1. The van der Waals surface area contributed by atoms with E-state index in [0.29, 0.717) is 39.4 Å². The van der Waals surface area contributed by atoms with Gasteiger partial charge in [-0.1, -0.05) is 0 Å². The Morgan fingerprint density at radius 1 is 1.13 bits per heavy atom. The standard InChI is InChI=1S/C26H23F4N5O3S/c1-4-39(37,38)33-21-10-15(19-13-34(3)25(36)23-18(19)7-8-31-23)11-22-24(21)32-14(2)35(22)12-16-9-17(26(28,29)30)5-6-20(16)27/h5-11,13,31,33H,4,12H2,1-3H3. The summed E-state index contributed by atoms with van der Waals surface area (Å²) in [4.78, 5) is 20.0. The van der Waals surface area contributed by atoms with Crippen LogP contribution in [-0.4, -0.2) is 33.3 Å². The predicted molar refractivity (Wildman–Crippen MR) is 141 cm³/mol. The van der Waals surface area contributed by atoms with Gasteiger partial charge in [0, 0.05) is 36.0 Å². The Kier molecular flexibility index (Phi) is 6.29. The van der Waals surface area contributed by atoms with E-state index in [-0.39, 0.29) is 34.6 Å². The molecule has 0 saturated carbocycles. The fraction of sp³-hybridized carbons (Fsp3) is 0.231. The third kappa shape index (κ3) is 4.78. The van der Waals surface area contributed by atoms with Crippen molar-refractivity contribution in [2.75, 3.05) is 10.5 Å². The van der Waals surface area contributed by atoms with Crippen molar-refractivity contribution in [2.24, 2.45) is 7.05 Å². The van der Waals surface area contributed by atoms with Gasteiger partial charge in [0.15, 0.2) is 0 Å². The van der Waals surface area contributed by atoms with Crippen LogP contribution in [0.2, 0.25) is 0 Å². The van der Waals surface area contributed by atoms with Crippen molar-refractivity contribution in [3.05, 3.63) is 81.9 Å². The van der Waals surface area contributed by atoms with Crippen molar-refractivity contribution in [3.8, 4) is 11.1 Å². The van der Waals surface area contributed by atoms with Gasteiger partial charge in [0.2, 0.25) is 10.0 Å². The highest BCUT2D eigenvalue weighted by atomic mass is 32.2. The summed E-state index contributed by atoms with van der Waals surface area (Å²) in [6.45, 7) is 2.79. The van der Waals surface area contributed by atoms with E-state index in [1.807, 2.05) is 0 Å². The topological polar surface area (TPSA) is 102 Å². The SMILES string of the molecule is CCS(=O)(=O)Nc1cc(-c2cn(C)c(=O)c3[nH]ccc23)cc2c1nc(C)n2Cc1cc(C(F)(F)F)ccc1F. The lowest BCUT2D eigenvalue weighted by atomic mass is 10.0. The van der Waals surface area contributed by atoms with Crippen molar-refractivity contribution in [1.82, 2.24) is 19.1 Å². The minimum Gasteiger partial charge on any atom is -0.357 e. The summed E-state index contributed by atoms with van der Waals surface area (Å²) in [6.07, 6.45) is -1.43.